The molecule has 0 aliphatic carbocycles. The number of ether oxygens (including phenoxy) is 2. The van der Waals surface area contributed by atoms with E-state index < -0.39 is 0 Å². The molecule has 5 heteroatoms. The van der Waals surface area contributed by atoms with Crippen molar-refractivity contribution in [2.45, 2.75) is 5.54 Å². The number of hydrogen-bond acceptors (Lipinski definition) is 4. The Labute approximate surface area is 103 Å². The van der Waals surface area contributed by atoms with E-state index in [1.807, 2.05) is 12.1 Å². The van der Waals surface area contributed by atoms with Crippen LogP contribution in [0.2, 0.25) is 0 Å². The van der Waals surface area contributed by atoms with Gasteiger partial charge in [-0.3, -0.25) is 0 Å². The lowest BCUT2D eigenvalue weighted by Gasteiger charge is -2.40. The van der Waals surface area contributed by atoms with Crippen molar-refractivity contribution < 1.29 is 9.47 Å². The lowest BCUT2D eigenvalue weighted by molar-refractivity contribution is 0.283. The van der Waals surface area contributed by atoms with Gasteiger partial charge in [0.2, 0.25) is 0 Å². The Balaban J connectivity index is 2.46. The lowest BCUT2D eigenvalue weighted by atomic mass is 9.85. The molecule has 2 rings (SSSR count). The van der Waals surface area contributed by atoms with Crippen molar-refractivity contribution in [2.24, 2.45) is 5.73 Å². The first-order valence-electron chi connectivity index (χ1n) is 5.02. The van der Waals surface area contributed by atoms with E-state index in [9.17, 15) is 0 Å². The van der Waals surface area contributed by atoms with Crippen molar-refractivity contribution in [1.29, 1.82) is 0 Å². The van der Waals surface area contributed by atoms with Gasteiger partial charge in [-0.2, -0.15) is 0 Å². The highest BCUT2D eigenvalue weighted by Crippen LogP contribution is 2.38. The van der Waals surface area contributed by atoms with E-state index >= 15 is 0 Å². The third kappa shape index (κ3) is 1.79. The predicted octanol–water partition coefficient (Wildman–Crippen LogP) is 1.22. The largest absolute Gasteiger partial charge is 0.493 e. The van der Waals surface area contributed by atoms with Gasteiger partial charge in [0.15, 0.2) is 11.5 Å². The third-order valence-corrected chi connectivity index (χ3v) is 3.55. The van der Waals surface area contributed by atoms with E-state index in [2.05, 4.69) is 21.2 Å². The summed E-state index contributed by atoms with van der Waals surface area (Å²) in [4.78, 5) is 0. The fraction of sp³-hybridized carbons (Fsp3) is 0.455. The molecule has 0 radical (unpaired) electrons. The summed E-state index contributed by atoms with van der Waals surface area (Å²) in [5, 5.41) is 3.18. The van der Waals surface area contributed by atoms with Gasteiger partial charge in [-0.15, -0.1) is 0 Å². The van der Waals surface area contributed by atoms with Gasteiger partial charge in [-0.05, 0) is 17.7 Å². The molecule has 1 aromatic rings. The maximum absolute atomic E-state index is 6.25. The summed E-state index contributed by atoms with van der Waals surface area (Å²) in [7, 11) is 3.24. The molecular formula is C11H15BrN2O2. The quantitative estimate of drug-likeness (QED) is 0.878. The summed E-state index contributed by atoms with van der Waals surface area (Å²) >= 11 is 3.52. The summed E-state index contributed by atoms with van der Waals surface area (Å²) in [5.74, 6) is 1.41. The van der Waals surface area contributed by atoms with Crippen molar-refractivity contribution in [1.82, 2.24) is 5.32 Å². The van der Waals surface area contributed by atoms with E-state index in [4.69, 9.17) is 15.2 Å². The Morgan fingerprint density at radius 3 is 2.25 bits per heavy atom. The van der Waals surface area contributed by atoms with Crippen LogP contribution in [0, 0.1) is 0 Å². The summed E-state index contributed by atoms with van der Waals surface area (Å²) < 4.78 is 11.5. The molecule has 16 heavy (non-hydrogen) atoms. The van der Waals surface area contributed by atoms with Crippen molar-refractivity contribution >= 4 is 15.9 Å². The maximum atomic E-state index is 6.25. The molecule has 0 atom stereocenters. The first-order chi connectivity index (χ1) is 7.60. The molecular weight excluding hydrogens is 272 g/mol. The number of halogens is 1. The fourth-order valence-corrected chi connectivity index (χ4v) is 2.54. The van der Waals surface area contributed by atoms with Gasteiger partial charge >= 0.3 is 0 Å². The first-order valence-corrected chi connectivity index (χ1v) is 5.81. The zero-order valence-electron chi connectivity index (χ0n) is 9.34. The Morgan fingerprint density at radius 1 is 1.25 bits per heavy atom. The van der Waals surface area contributed by atoms with Crippen LogP contribution in [0.15, 0.2) is 16.6 Å². The Bertz CT molecular complexity index is 405. The van der Waals surface area contributed by atoms with Crippen LogP contribution < -0.4 is 20.5 Å². The standard InChI is InChI=1S/C11H15BrN2O2/c1-15-9-3-7(11(13)5-14-6-11)8(12)4-10(9)16-2/h3-4,14H,5-6,13H2,1-2H3. The first kappa shape index (κ1) is 11.7. The average Bonchev–Trinajstić information content (AvgIpc) is 2.25. The van der Waals surface area contributed by atoms with E-state index in [0.29, 0.717) is 11.5 Å². The minimum Gasteiger partial charge on any atom is -0.493 e. The molecule has 0 bridgehead atoms. The zero-order chi connectivity index (χ0) is 11.8. The van der Waals surface area contributed by atoms with Gasteiger partial charge in [0.25, 0.3) is 0 Å². The molecule has 1 aliphatic heterocycles. The summed E-state index contributed by atoms with van der Waals surface area (Å²) in [6.07, 6.45) is 0. The van der Waals surface area contributed by atoms with Crippen LogP contribution in [0.5, 0.6) is 11.5 Å². The highest BCUT2D eigenvalue weighted by atomic mass is 79.9. The van der Waals surface area contributed by atoms with Gasteiger partial charge in [-0.25, -0.2) is 0 Å². The predicted molar refractivity (Wildman–Crippen MR) is 66.0 cm³/mol. The highest BCUT2D eigenvalue weighted by Gasteiger charge is 2.36. The van der Waals surface area contributed by atoms with Gasteiger partial charge < -0.3 is 20.5 Å². The van der Waals surface area contributed by atoms with Crippen LogP contribution in [-0.4, -0.2) is 27.3 Å². The van der Waals surface area contributed by atoms with E-state index in [0.717, 1.165) is 23.1 Å². The molecule has 1 fully saturated rings. The minimum absolute atomic E-state index is 0.307. The molecule has 0 spiro atoms. The Kier molecular flexibility index (Phi) is 3.10. The molecule has 4 nitrogen and oxygen atoms in total. The second-order valence-electron chi connectivity index (χ2n) is 3.95. The molecule has 0 aromatic heterocycles. The van der Waals surface area contributed by atoms with E-state index in [-0.39, 0.29) is 5.54 Å². The monoisotopic (exact) mass is 286 g/mol. The van der Waals surface area contributed by atoms with Gasteiger partial charge in [0, 0.05) is 17.6 Å². The SMILES string of the molecule is COc1cc(Br)c(C2(N)CNC2)cc1OC. The number of nitrogens with two attached hydrogens (primary N) is 1. The molecule has 1 saturated heterocycles. The van der Waals surface area contributed by atoms with Crippen LogP contribution in [0.25, 0.3) is 0 Å². The number of methoxy groups -OCH3 is 2. The van der Waals surface area contributed by atoms with Crippen LogP contribution >= 0.6 is 15.9 Å². The summed E-state index contributed by atoms with van der Waals surface area (Å²) in [6, 6.07) is 3.82. The summed E-state index contributed by atoms with van der Waals surface area (Å²) in [5.41, 5.74) is 6.99. The van der Waals surface area contributed by atoms with Crippen LogP contribution in [0.1, 0.15) is 5.56 Å². The van der Waals surface area contributed by atoms with E-state index in [1.54, 1.807) is 14.2 Å². The van der Waals surface area contributed by atoms with E-state index in [1.165, 1.54) is 0 Å². The molecule has 1 heterocycles. The normalized spacial score (nSPS) is 17.8. The van der Waals surface area contributed by atoms with Crippen molar-refractivity contribution in [3.8, 4) is 11.5 Å². The Hall–Kier alpha value is -0.780. The molecule has 1 aromatic carbocycles. The second-order valence-corrected chi connectivity index (χ2v) is 4.80. The maximum Gasteiger partial charge on any atom is 0.161 e. The fourth-order valence-electron chi connectivity index (χ4n) is 1.82. The van der Waals surface area contributed by atoms with Crippen LogP contribution in [0.4, 0.5) is 0 Å². The number of hydrogen-bond donors (Lipinski definition) is 2. The third-order valence-electron chi connectivity index (χ3n) is 2.89. The molecule has 0 unspecified atom stereocenters. The summed E-state index contributed by atoms with van der Waals surface area (Å²) in [6.45, 7) is 1.56. The van der Waals surface area contributed by atoms with Gasteiger partial charge in [-0.1, -0.05) is 15.9 Å². The van der Waals surface area contributed by atoms with Gasteiger partial charge in [0.05, 0.1) is 19.8 Å². The van der Waals surface area contributed by atoms with Crippen LogP contribution in [-0.2, 0) is 5.54 Å². The van der Waals surface area contributed by atoms with Crippen molar-refractivity contribution in [3.05, 3.63) is 22.2 Å². The number of rotatable bonds is 3. The molecule has 0 amide bonds. The topological polar surface area (TPSA) is 56.5 Å². The average molecular weight is 287 g/mol. The zero-order valence-corrected chi connectivity index (χ0v) is 10.9. The minimum atomic E-state index is -0.307. The van der Waals surface area contributed by atoms with Crippen molar-refractivity contribution in [3.63, 3.8) is 0 Å². The molecule has 0 saturated carbocycles. The number of nitrogens with one attached hydrogen (secondary N) is 1. The highest BCUT2D eigenvalue weighted by molar-refractivity contribution is 9.10. The van der Waals surface area contributed by atoms with Gasteiger partial charge in [0.1, 0.15) is 0 Å². The van der Waals surface area contributed by atoms with Crippen LogP contribution in [0.3, 0.4) is 0 Å². The smallest absolute Gasteiger partial charge is 0.161 e. The van der Waals surface area contributed by atoms with Crippen molar-refractivity contribution in [2.75, 3.05) is 27.3 Å². The Morgan fingerprint density at radius 2 is 1.81 bits per heavy atom. The molecule has 3 N–H and O–H groups in total. The molecule has 1 aliphatic rings. The lowest BCUT2D eigenvalue weighted by Crippen LogP contribution is -2.62. The molecule has 88 valence electrons. The second kappa shape index (κ2) is 4.24. The number of benzene rings is 1.